The fourth-order valence-electron chi connectivity index (χ4n) is 3.43. The van der Waals surface area contributed by atoms with Crippen molar-refractivity contribution < 1.29 is 9.59 Å². The summed E-state index contributed by atoms with van der Waals surface area (Å²) in [5.74, 6) is -0.623. The second-order valence-corrected chi connectivity index (χ2v) is 8.25. The van der Waals surface area contributed by atoms with Gasteiger partial charge in [-0.2, -0.15) is 0 Å². The highest BCUT2D eigenvalue weighted by molar-refractivity contribution is 7.80. The Morgan fingerprint density at radius 1 is 0.657 bits per heavy atom. The maximum Gasteiger partial charge on any atom is 0.257 e. The van der Waals surface area contributed by atoms with Gasteiger partial charge in [0.2, 0.25) is 0 Å². The van der Waals surface area contributed by atoms with Gasteiger partial charge in [0.05, 0.1) is 11.3 Å². The minimum absolute atomic E-state index is 0.105. The zero-order valence-electron chi connectivity index (χ0n) is 19.0. The number of rotatable bonds is 6. The van der Waals surface area contributed by atoms with Gasteiger partial charge in [0.1, 0.15) is 0 Å². The topological polar surface area (TPSA) is 82.3 Å². The van der Waals surface area contributed by atoms with E-state index in [1.54, 1.807) is 36.4 Å². The van der Waals surface area contributed by atoms with Crippen molar-refractivity contribution in [3.63, 3.8) is 0 Å². The molecule has 0 aliphatic carbocycles. The molecule has 0 atom stereocenters. The minimum atomic E-state index is -0.322. The molecule has 4 aromatic carbocycles. The smallest absolute Gasteiger partial charge is 0.257 e. The van der Waals surface area contributed by atoms with Crippen molar-refractivity contribution >= 4 is 51.9 Å². The van der Waals surface area contributed by atoms with Crippen molar-refractivity contribution in [2.75, 3.05) is 16.0 Å². The molecule has 0 spiro atoms. The highest BCUT2D eigenvalue weighted by Crippen LogP contribution is 2.21. The fourth-order valence-corrected chi connectivity index (χ4v) is 3.63. The van der Waals surface area contributed by atoms with Crippen LogP contribution in [0, 0.1) is 6.92 Å². The number of carbonyl (C=O) groups is 2. The zero-order valence-corrected chi connectivity index (χ0v) is 19.9. The van der Waals surface area contributed by atoms with Crippen molar-refractivity contribution in [3.8, 4) is 0 Å². The van der Waals surface area contributed by atoms with Gasteiger partial charge < -0.3 is 16.0 Å². The first-order valence-corrected chi connectivity index (χ1v) is 11.4. The fraction of sp³-hybridized carbons (Fsp3) is 0.0357. The van der Waals surface area contributed by atoms with Crippen LogP contribution in [-0.2, 0) is 0 Å². The Hall–Kier alpha value is -4.49. The average molecular weight is 481 g/mol. The molecule has 0 aliphatic rings. The molecule has 0 saturated heterocycles. The molecule has 0 unspecified atom stereocenters. The van der Waals surface area contributed by atoms with Crippen LogP contribution in [0.15, 0.2) is 103 Å². The van der Waals surface area contributed by atoms with Crippen LogP contribution in [0.1, 0.15) is 26.3 Å². The van der Waals surface area contributed by atoms with Gasteiger partial charge in [-0.1, -0.05) is 48.0 Å². The standard InChI is InChI=1S/C28H24N4O2S/c1-19-8-7-9-20(18-19)26(33)32-28(35)31-25-13-6-5-12-24(25)27(34)30-23-16-14-22(15-17-23)29-21-10-3-2-4-11-21/h2-18,29H,1H3,(H,30,34)(H2,31,32,33,35). The molecule has 4 rings (SSSR count). The molecule has 0 aliphatic heterocycles. The van der Waals surface area contributed by atoms with E-state index in [4.69, 9.17) is 12.2 Å². The Balaban J connectivity index is 1.39. The van der Waals surface area contributed by atoms with Crippen molar-refractivity contribution in [2.24, 2.45) is 0 Å². The zero-order chi connectivity index (χ0) is 24.6. The van der Waals surface area contributed by atoms with E-state index in [0.29, 0.717) is 22.5 Å². The van der Waals surface area contributed by atoms with E-state index in [9.17, 15) is 9.59 Å². The minimum Gasteiger partial charge on any atom is -0.356 e. The molecule has 0 radical (unpaired) electrons. The molecule has 0 aromatic heterocycles. The highest BCUT2D eigenvalue weighted by atomic mass is 32.1. The highest BCUT2D eigenvalue weighted by Gasteiger charge is 2.14. The molecule has 4 aromatic rings. The maximum atomic E-state index is 13.0. The second kappa shape index (κ2) is 11.1. The number of carbonyl (C=O) groups excluding carboxylic acids is 2. The first-order valence-electron chi connectivity index (χ1n) is 11.0. The van der Waals surface area contributed by atoms with Crippen LogP contribution in [0.3, 0.4) is 0 Å². The van der Waals surface area contributed by atoms with Crippen LogP contribution in [0.5, 0.6) is 0 Å². The summed E-state index contributed by atoms with van der Waals surface area (Å²) in [6, 6.07) is 31.5. The summed E-state index contributed by atoms with van der Waals surface area (Å²) in [7, 11) is 0. The van der Waals surface area contributed by atoms with Gasteiger partial charge in [0.15, 0.2) is 5.11 Å². The van der Waals surface area contributed by atoms with Crippen molar-refractivity contribution in [3.05, 3.63) is 120 Å². The number of para-hydroxylation sites is 2. The van der Waals surface area contributed by atoms with Crippen LogP contribution in [0.25, 0.3) is 0 Å². The molecule has 2 amide bonds. The summed E-state index contributed by atoms with van der Waals surface area (Å²) in [4.78, 5) is 25.5. The van der Waals surface area contributed by atoms with Crippen LogP contribution in [0.4, 0.5) is 22.7 Å². The summed E-state index contributed by atoms with van der Waals surface area (Å²) in [6.07, 6.45) is 0. The molecule has 6 nitrogen and oxygen atoms in total. The molecule has 4 N–H and O–H groups in total. The monoisotopic (exact) mass is 480 g/mol. The van der Waals surface area contributed by atoms with E-state index in [1.165, 1.54) is 0 Å². The molecule has 35 heavy (non-hydrogen) atoms. The van der Waals surface area contributed by atoms with Crippen LogP contribution in [-0.4, -0.2) is 16.9 Å². The Labute approximate surface area is 209 Å². The lowest BCUT2D eigenvalue weighted by atomic mass is 10.1. The van der Waals surface area contributed by atoms with Crippen molar-refractivity contribution in [1.82, 2.24) is 5.32 Å². The van der Waals surface area contributed by atoms with Gasteiger partial charge in [0.25, 0.3) is 11.8 Å². The van der Waals surface area contributed by atoms with Gasteiger partial charge in [-0.3, -0.25) is 14.9 Å². The summed E-state index contributed by atoms with van der Waals surface area (Å²) in [6.45, 7) is 1.91. The first-order chi connectivity index (χ1) is 17.0. The first kappa shape index (κ1) is 23.7. The summed E-state index contributed by atoms with van der Waals surface area (Å²) in [5, 5.41) is 11.9. The van der Waals surface area contributed by atoms with E-state index in [0.717, 1.165) is 16.9 Å². The third-order valence-electron chi connectivity index (χ3n) is 5.13. The second-order valence-electron chi connectivity index (χ2n) is 7.85. The number of nitrogens with one attached hydrogen (secondary N) is 4. The molecule has 0 bridgehead atoms. The predicted molar refractivity (Wildman–Crippen MR) is 145 cm³/mol. The van der Waals surface area contributed by atoms with Crippen LogP contribution in [0.2, 0.25) is 0 Å². The number of anilines is 4. The van der Waals surface area contributed by atoms with E-state index >= 15 is 0 Å². The molecule has 0 heterocycles. The van der Waals surface area contributed by atoms with Crippen molar-refractivity contribution in [2.45, 2.75) is 6.92 Å². The molecule has 174 valence electrons. The predicted octanol–water partition coefficient (Wildman–Crippen LogP) is 6.12. The van der Waals surface area contributed by atoms with E-state index in [2.05, 4.69) is 21.3 Å². The van der Waals surface area contributed by atoms with E-state index in [-0.39, 0.29) is 16.9 Å². The van der Waals surface area contributed by atoms with Crippen LogP contribution < -0.4 is 21.3 Å². The Morgan fingerprint density at radius 2 is 1.31 bits per heavy atom. The SMILES string of the molecule is Cc1cccc(C(=O)NC(=S)Nc2ccccc2C(=O)Nc2ccc(Nc3ccccc3)cc2)c1. The molecule has 7 heteroatoms. The van der Waals surface area contributed by atoms with E-state index in [1.807, 2.05) is 73.7 Å². The quantitative estimate of drug-likeness (QED) is 0.250. The van der Waals surface area contributed by atoms with Gasteiger partial charge >= 0.3 is 0 Å². The normalized spacial score (nSPS) is 10.2. The summed E-state index contributed by atoms with van der Waals surface area (Å²) < 4.78 is 0. The van der Waals surface area contributed by atoms with E-state index < -0.39 is 0 Å². The summed E-state index contributed by atoms with van der Waals surface area (Å²) >= 11 is 5.31. The number of aryl methyl sites for hydroxylation is 1. The molecule has 0 fully saturated rings. The van der Waals surface area contributed by atoms with Gasteiger partial charge in [-0.05, 0) is 79.8 Å². The molecular weight excluding hydrogens is 456 g/mol. The average Bonchev–Trinajstić information content (AvgIpc) is 2.86. The number of hydrogen-bond donors (Lipinski definition) is 4. The third-order valence-corrected chi connectivity index (χ3v) is 5.34. The molecule has 0 saturated carbocycles. The number of hydrogen-bond acceptors (Lipinski definition) is 4. The summed E-state index contributed by atoms with van der Waals surface area (Å²) in [5.41, 5.74) is 4.90. The number of thiocarbonyl (C=S) groups is 1. The number of amides is 2. The lowest BCUT2D eigenvalue weighted by Crippen LogP contribution is -2.34. The number of benzene rings is 4. The lowest BCUT2D eigenvalue weighted by Gasteiger charge is -2.14. The Bertz CT molecular complexity index is 1360. The Morgan fingerprint density at radius 3 is 2.06 bits per heavy atom. The van der Waals surface area contributed by atoms with Gasteiger partial charge in [-0.15, -0.1) is 0 Å². The largest absolute Gasteiger partial charge is 0.356 e. The maximum absolute atomic E-state index is 13.0. The molecular formula is C28H24N4O2S. The Kier molecular flexibility index (Phi) is 7.50. The lowest BCUT2D eigenvalue weighted by molar-refractivity contribution is 0.0976. The van der Waals surface area contributed by atoms with Gasteiger partial charge in [0, 0.05) is 22.6 Å². The third kappa shape index (κ3) is 6.52. The van der Waals surface area contributed by atoms with Crippen LogP contribution >= 0.6 is 12.2 Å². The van der Waals surface area contributed by atoms with Gasteiger partial charge in [-0.25, -0.2) is 0 Å². The van der Waals surface area contributed by atoms with Crippen molar-refractivity contribution in [1.29, 1.82) is 0 Å².